The van der Waals surface area contributed by atoms with E-state index in [2.05, 4.69) is 4.98 Å². The van der Waals surface area contributed by atoms with Crippen LogP contribution in [0, 0.1) is 5.41 Å². The molecule has 3 aromatic rings. The maximum atomic E-state index is 14.1. The molecule has 1 saturated heterocycles. The molecule has 1 aromatic heterocycles. The van der Waals surface area contributed by atoms with Gasteiger partial charge in [-0.3, -0.25) is 9.59 Å². The molecule has 1 amide bonds. The summed E-state index contributed by atoms with van der Waals surface area (Å²) >= 11 is 12.5. The highest BCUT2D eigenvalue weighted by atomic mass is 35.5. The van der Waals surface area contributed by atoms with E-state index in [0.717, 1.165) is 11.1 Å². The Morgan fingerprint density at radius 3 is 2.53 bits per heavy atom. The van der Waals surface area contributed by atoms with Crippen LogP contribution in [-0.4, -0.2) is 26.9 Å². The molecule has 0 radical (unpaired) electrons. The minimum atomic E-state index is -1.12. The van der Waals surface area contributed by atoms with Crippen LogP contribution in [0.1, 0.15) is 68.0 Å². The number of piperidine rings is 1. The number of carboxylic acids is 1. The number of rotatable bonds is 7. The predicted molar refractivity (Wildman–Crippen MR) is 130 cm³/mol. The molecule has 1 fully saturated rings. The summed E-state index contributed by atoms with van der Waals surface area (Å²) in [6.07, 6.45) is 3.59. The van der Waals surface area contributed by atoms with Crippen molar-refractivity contribution >= 4 is 35.1 Å². The first-order valence-corrected chi connectivity index (χ1v) is 11.9. The van der Waals surface area contributed by atoms with Crippen LogP contribution in [0.25, 0.3) is 0 Å². The van der Waals surface area contributed by atoms with E-state index < -0.39 is 17.4 Å². The zero-order chi connectivity index (χ0) is 24.5. The number of benzene rings is 2. The maximum Gasteiger partial charge on any atom is 0.304 e. The maximum absolute atomic E-state index is 14.1. The van der Waals surface area contributed by atoms with E-state index in [0.29, 0.717) is 28.6 Å². The van der Waals surface area contributed by atoms with E-state index >= 15 is 0 Å². The third kappa shape index (κ3) is 4.70. The van der Waals surface area contributed by atoms with Crippen LogP contribution >= 0.6 is 23.2 Å². The molecule has 1 N–H and O–H groups in total. The SMILES string of the molecule is CC[C@@H](c1cnco1)N1C(=O)[C@@](C)(CC(=O)O)C[C@H](c2cccc(Cl)c2)[C@H]1c1ccc(Cl)cc1. The first-order chi connectivity index (χ1) is 16.2. The molecule has 1 aliphatic heterocycles. The van der Waals surface area contributed by atoms with Crippen molar-refractivity contribution in [2.24, 2.45) is 5.41 Å². The molecular weight excluding hydrogens is 475 g/mol. The Balaban J connectivity index is 1.94. The van der Waals surface area contributed by atoms with Gasteiger partial charge in [0.1, 0.15) is 5.76 Å². The van der Waals surface area contributed by atoms with Gasteiger partial charge in [-0.2, -0.15) is 0 Å². The molecule has 0 aliphatic carbocycles. The highest BCUT2D eigenvalue weighted by molar-refractivity contribution is 6.30. The number of carbonyl (C=O) groups excluding carboxylic acids is 1. The fourth-order valence-electron chi connectivity index (χ4n) is 5.15. The van der Waals surface area contributed by atoms with Crippen molar-refractivity contribution in [2.75, 3.05) is 0 Å². The highest BCUT2D eigenvalue weighted by Gasteiger charge is 2.52. The van der Waals surface area contributed by atoms with Crippen LogP contribution < -0.4 is 0 Å². The lowest BCUT2D eigenvalue weighted by molar-refractivity contribution is -0.161. The summed E-state index contributed by atoms with van der Waals surface area (Å²) in [5.41, 5.74) is 0.724. The standard InChI is InChI=1S/C26H26Cl2N2O4/c1-3-21(22-14-29-15-34-22)30-24(16-7-9-18(27)10-8-16)20(17-5-4-6-19(28)11-17)12-26(2,25(30)33)13-23(31)32/h4-11,14-15,20-21,24H,3,12-13H2,1-2H3,(H,31,32)/t20-,21+,24-,26-/m1/s1. The summed E-state index contributed by atoms with van der Waals surface area (Å²) < 4.78 is 5.64. The third-order valence-corrected chi connectivity index (χ3v) is 7.12. The predicted octanol–water partition coefficient (Wildman–Crippen LogP) is 6.67. The van der Waals surface area contributed by atoms with Gasteiger partial charge in [-0.05, 0) is 48.2 Å². The number of halogens is 2. The summed E-state index contributed by atoms with van der Waals surface area (Å²) in [5.74, 6) is -0.896. The number of aromatic nitrogens is 1. The molecule has 4 atom stereocenters. The molecule has 2 aromatic carbocycles. The highest BCUT2D eigenvalue weighted by Crippen LogP contribution is 2.54. The average Bonchev–Trinajstić information content (AvgIpc) is 3.32. The molecule has 0 unspecified atom stereocenters. The molecule has 2 heterocycles. The number of nitrogens with zero attached hydrogens (tertiary/aromatic N) is 2. The topological polar surface area (TPSA) is 83.6 Å². The molecule has 178 valence electrons. The second-order valence-electron chi connectivity index (χ2n) is 9.03. The van der Waals surface area contributed by atoms with Crippen molar-refractivity contribution in [3.63, 3.8) is 0 Å². The Morgan fingerprint density at radius 2 is 1.94 bits per heavy atom. The van der Waals surface area contributed by atoms with Gasteiger partial charge >= 0.3 is 5.97 Å². The Morgan fingerprint density at radius 1 is 1.21 bits per heavy atom. The molecule has 1 aliphatic rings. The van der Waals surface area contributed by atoms with Gasteiger partial charge in [-0.15, -0.1) is 0 Å². The Labute approximate surface area is 208 Å². The van der Waals surface area contributed by atoms with Crippen molar-refractivity contribution in [1.82, 2.24) is 9.88 Å². The minimum absolute atomic E-state index is 0.209. The molecule has 4 rings (SSSR count). The summed E-state index contributed by atoms with van der Waals surface area (Å²) in [4.78, 5) is 31.8. The Hall–Kier alpha value is -2.83. The second kappa shape index (κ2) is 9.80. The fourth-order valence-corrected chi connectivity index (χ4v) is 5.47. The lowest BCUT2D eigenvalue weighted by Gasteiger charge is -2.51. The van der Waals surface area contributed by atoms with E-state index in [9.17, 15) is 14.7 Å². The number of aliphatic carboxylic acids is 1. The van der Waals surface area contributed by atoms with Gasteiger partial charge in [-0.25, -0.2) is 4.98 Å². The van der Waals surface area contributed by atoms with Gasteiger partial charge in [0.2, 0.25) is 5.91 Å². The van der Waals surface area contributed by atoms with Crippen LogP contribution in [0.2, 0.25) is 10.0 Å². The van der Waals surface area contributed by atoms with E-state index in [1.165, 1.54) is 6.39 Å². The van der Waals surface area contributed by atoms with Crippen LogP contribution in [0.4, 0.5) is 0 Å². The first-order valence-electron chi connectivity index (χ1n) is 11.2. The molecule has 0 bridgehead atoms. The lowest BCUT2D eigenvalue weighted by Crippen LogP contribution is -2.53. The van der Waals surface area contributed by atoms with Gasteiger partial charge in [0.15, 0.2) is 6.39 Å². The minimum Gasteiger partial charge on any atom is -0.481 e. The number of likely N-dealkylation sites (tertiary alicyclic amines) is 1. The summed E-state index contributed by atoms with van der Waals surface area (Å²) in [6, 6.07) is 14.2. The molecule has 0 saturated carbocycles. The smallest absolute Gasteiger partial charge is 0.304 e. The van der Waals surface area contributed by atoms with Crippen molar-refractivity contribution in [2.45, 2.75) is 51.1 Å². The summed E-state index contributed by atoms with van der Waals surface area (Å²) in [7, 11) is 0. The Bertz CT molecular complexity index is 1170. The van der Waals surface area contributed by atoms with Crippen molar-refractivity contribution < 1.29 is 19.1 Å². The Kier molecular flexibility index (Phi) is 7.01. The zero-order valence-corrected chi connectivity index (χ0v) is 20.5. The van der Waals surface area contributed by atoms with E-state index in [1.807, 2.05) is 37.3 Å². The molecule has 0 spiro atoms. The van der Waals surface area contributed by atoms with Gasteiger partial charge in [0.05, 0.1) is 30.1 Å². The van der Waals surface area contributed by atoms with E-state index in [4.69, 9.17) is 27.6 Å². The summed E-state index contributed by atoms with van der Waals surface area (Å²) in [6.45, 7) is 3.70. The average molecular weight is 501 g/mol. The van der Waals surface area contributed by atoms with Crippen LogP contribution in [0.5, 0.6) is 0 Å². The molecule has 6 nitrogen and oxygen atoms in total. The van der Waals surface area contributed by atoms with Gasteiger partial charge < -0.3 is 14.4 Å². The third-order valence-electron chi connectivity index (χ3n) is 6.63. The number of carbonyl (C=O) groups is 2. The van der Waals surface area contributed by atoms with Crippen molar-refractivity contribution in [1.29, 1.82) is 0 Å². The zero-order valence-electron chi connectivity index (χ0n) is 18.9. The van der Waals surface area contributed by atoms with Crippen LogP contribution in [0.15, 0.2) is 65.5 Å². The number of hydrogen-bond donors (Lipinski definition) is 1. The van der Waals surface area contributed by atoms with Crippen molar-refractivity contribution in [3.8, 4) is 0 Å². The molecule has 34 heavy (non-hydrogen) atoms. The van der Waals surface area contributed by atoms with E-state index in [-0.39, 0.29) is 24.3 Å². The monoisotopic (exact) mass is 500 g/mol. The fraction of sp³-hybridized carbons (Fsp3) is 0.346. The number of oxazole rings is 1. The van der Waals surface area contributed by atoms with Crippen molar-refractivity contribution in [3.05, 3.63) is 88.1 Å². The number of amides is 1. The summed E-state index contributed by atoms with van der Waals surface area (Å²) in [5, 5.41) is 10.9. The van der Waals surface area contributed by atoms with Crippen LogP contribution in [-0.2, 0) is 9.59 Å². The van der Waals surface area contributed by atoms with Crippen LogP contribution in [0.3, 0.4) is 0 Å². The van der Waals surface area contributed by atoms with Gasteiger partial charge in [0, 0.05) is 16.0 Å². The number of carboxylic acid groups (broad SMARTS) is 1. The second-order valence-corrected chi connectivity index (χ2v) is 9.91. The van der Waals surface area contributed by atoms with Gasteiger partial charge in [0.25, 0.3) is 0 Å². The lowest BCUT2D eigenvalue weighted by atomic mass is 9.67. The first kappa shape index (κ1) is 24.3. The molecular formula is C26H26Cl2N2O4. The molecule has 8 heteroatoms. The normalized spacial score (nSPS) is 23.6. The quantitative estimate of drug-likeness (QED) is 0.391. The largest absolute Gasteiger partial charge is 0.481 e. The van der Waals surface area contributed by atoms with E-state index in [1.54, 1.807) is 36.2 Å². The van der Waals surface area contributed by atoms with Gasteiger partial charge in [-0.1, -0.05) is 61.3 Å². The number of hydrogen-bond acceptors (Lipinski definition) is 4.